The minimum absolute atomic E-state index is 0.0855. The highest BCUT2D eigenvalue weighted by atomic mass is 15.3. The van der Waals surface area contributed by atoms with Gasteiger partial charge >= 0.3 is 0 Å². The first-order chi connectivity index (χ1) is 7.25. The number of hydrogen-bond donors (Lipinski definition) is 2. The summed E-state index contributed by atoms with van der Waals surface area (Å²) in [5, 5.41) is 11.3. The number of nitrogens with one attached hydrogen (secondary N) is 1. The predicted molar refractivity (Wildman–Crippen MR) is 56.6 cm³/mol. The second-order valence-corrected chi connectivity index (χ2v) is 3.20. The average Bonchev–Trinajstić information content (AvgIpc) is 2.71. The molecule has 1 heterocycles. The first kappa shape index (κ1) is 9.39. The number of hydrogen-bond acceptors (Lipinski definition) is 3. The quantitative estimate of drug-likeness (QED) is 0.564. The molecule has 76 valence electrons. The van der Waals surface area contributed by atoms with Crippen LogP contribution >= 0.6 is 0 Å². The lowest BCUT2D eigenvalue weighted by Crippen LogP contribution is -2.11. The van der Waals surface area contributed by atoms with E-state index in [2.05, 4.69) is 10.1 Å². The molecule has 0 unspecified atom stereocenters. The molecular formula is C10H11N5. The molecule has 0 fully saturated rings. The van der Waals surface area contributed by atoms with Gasteiger partial charge in [0.25, 0.3) is 0 Å². The maximum Gasteiger partial charge on any atom is 0.137 e. The van der Waals surface area contributed by atoms with Gasteiger partial charge in [0, 0.05) is 5.56 Å². The lowest BCUT2D eigenvalue weighted by molar-refractivity contribution is 0.685. The highest BCUT2D eigenvalue weighted by molar-refractivity contribution is 5.94. The molecule has 5 heteroatoms. The Bertz CT molecular complexity index is 443. The van der Waals surface area contributed by atoms with E-state index >= 15 is 0 Å². The van der Waals surface area contributed by atoms with Gasteiger partial charge in [0.1, 0.15) is 18.5 Å². The van der Waals surface area contributed by atoms with E-state index in [1.807, 2.05) is 24.3 Å². The van der Waals surface area contributed by atoms with Crippen molar-refractivity contribution in [2.75, 3.05) is 0 Å². The number of aromatic nitrogens is 3. The third kappa shape index (κ3) is 2.19. The van der Waals surface area contributed by atoms with Crippen molar-refractivity contribution >= 4 is 5.84 Å². The molecule has 1 aromatic heterocycles. The van der Waals surface area contributed by atoms with Gasteiger partial charge in [-0.3, -0.25) is 5.41 Å². The second kappa shape index (κ2) is 3.91. The molecule has 0 bridgehead atoms. The maximum atomic E-state index is 7.25. The fourth-order valence-electron chi connectivity index (χ4n) is 1.29. The summed E-state index contributed by atoms with van der Waals surface area (Å²) in [7, 11) is 0. The van der Waals surface area contributed by atoms with Gasteiger partial charge in [0.2, 0.25) is 0 Å². The highest BCUT2D eigenvalue weighted by Gasteiger charge is 1.98. The zero-order valence-electron chi connectivity index (χ0n) is 8.09. The van der Waals surface area contributed by atoms with Gasteiger partial charge in [-0.1, -0.05) is 24.3 Å². The monoisotopic (exact) mass is 201 g/mol. The molecule has 3 N–H and O–H groups in total. The summed E-state index contributed by atoms with van der Waals surface area (Å²) >= 11 is 0. The normalized spacial score (nSPS) is 10.1. The third-order valence-electron chi connectivity index (χ3n) is 2.08. The van der Waals surface area contributed by atoms with Gasteiger partial charge in [-0.15, -0.1) is 0 Å². The number of nitrogens with zero attached hydrogens (tertiary/aromatic N) is 3. The molecule has 0 aliphatic heterocycles. The van der Waals surface area contributed by atoms with Gasteiger partial charge in [0.15, 0.2) is 0 Å². The van der Waals surface area contributed by atoms with Crippen molar-refractivity contribution in [3.63, 3.8) is 0 Å². The summed E-state index contributed by atoms with van der Waals surface area (Å²) in [6.07, 6.45) is 3.17. The maximum absolute atomic E-state index is 7.25. The summed E-state index contributed by atoms with van der Waals surface area (Å²) < 4.78 is 1.74. The third-order valence-corrected chi connectivity index (χ3v) is 2.08. The highest BCUT2D eigenvalue weighted by Crippen LogP contribution is 2.04. The van der Waals surface area contributed by atoms with E-state index in [0.29, 0.717) is 6.54 Å². The van der Waals surface area contributed by atoms with E-state index in [4.69, 9.17) is 11.1 Å². The molecular weight excluding hydrogens is 190 g/mol. The second-order valence-electron chi connectivity index (χ2n) is 3.20. The Labute approximate surface area is 87.1 Å². The number of nitrogen functional groups attached to an aromatic ring is 1. The van der Waals surface area contributed by atoms with Gasteiger partial charge in [-0.05, 0) is 5.56 Å². The first-order valence-corrected chi connectivity index (χ1v) is 4.51. The lowest BCUT2D eigenvalue weighted by Gasteiger charge is -2.02. The minimum Gasteiger partial charge on any atom is -0.384 e. The number of rotatable bonds is 3. The number of benzene rings is 1. The molecule has 0 amide bonds. The van der Waals surface area contributed by atoms with Crippen LogP contribution in [0, 0.1) is 5.41 Å². The van der Waals surface area contributed by atoms with Crippen LogP contribution in [-0.2, 0) is 6.54 Å². The lowest BCUT2D eigenvalue weighted by atomic mass is 10.1. The predicted octanol–water partition coefficient (Wildman–Crippen LogP) is 0.610. The standard InChI is InChI=1S/C10H11N5/c11-10(12)9-3-1-8(2-4-9)5-15-7-13-6-14-15/h1-4,6-7H,5H2,(H3,11,12). The molecule has 0 spiro atoms. The largest absolute Gasteiger partial charge is 0.384 e. The van der Waals surface area contributed by atoms with Crippen LogP contribution in [0.2, 0.25) is 0 Å². The molecule has 2 rings (SSSR count). The van der Waals surface area contributed by atoms with E-state index in [0.717, 1.165) is 11.1 Å². The molecule has 0 atom stereocenters. The van der Waals surface area contributed by atoms with Crippen molar-refractivity contribution in [1.82, 2.24) is 14.8 Å². The summed E-state index contributed by atoms with van der Waals surface area (Å²) in [5.41, 5.74) is 7.19. The molecule has 0 radical (unpaired) electrons. The van der Waals surface area contributed by atoms with Crippen LogP contribution < -0.4 is 5.73 Å². The van der Waals surface area contributed by atoms with Gasteiger partial charge < -0.3 is 5.73 Å². The van der Waals surface area contributed by atoms with E-state index in [1.165, 1.54) is 6.33 Å². The Morgan fingerprint density at radius 2 is 2.07 bits per heavy atom. The van der Waals surface area contributed by atoms with Crippen molar-refractivity contribution in [2.45, 2.75) is 6.54 Å². The Balaban J connectivity index is 2.14. The van der Waals surface area contributed by atoms with Gasteiger partial charge in [-0.25, -0.2) is 9.67 Å². The molecule has 0 saturated heterocycles. The summed E-state index contributed by atoms with van der Waals surface area (Å²) in [6.45, 7) is 0.679. The zero-order valence-corrected chi connectivity index (χ0v) is 8.09. The van der Waals surface area contributed by atoms with Crippen LogP contribution in [0.3, 0.4) is 0 Å². The van der Waals surface area contributed by atoms with Crippen molar-refractivity contribution in [2.24, 2.45) is 5.73 Å². The Morgan fingerprint density at radius 1 is 1.33 bits per heavy atom. The molecule has 0 saturated carbocycles. The fourth-order valence-corrected chi connectivity index (χ4v) is 1.29. The molecule has 5 nitrogen and oxygen atoms in total. The van der Waals surface area contributed by atoms with Crippen LogP contribution in [0.15, 0.2) is 36.9 Å². The van der Waals surface area contributed by atoms with Crippen molar-refractivity contribution in [3.05, 3.63) is 48.0 Å². The zero-order chi connectivity index (χ0) is 10.7. The fraction of sp³-hybridized carbons (Fsp3) is 0.100. The molecule has 0 aliphatic rings. The van der Waals surface area contributed by atoms with Crippen LogP contribution in [-0.4, -0.2) is 20.6 Å². The van der Waals surface area contributed by atoms with Gasteiger partial charge in [-0.2, -0.15) is 5.10 Å². The molecule has 15 heavy (non-hydrogen) atoms. The first-order valence-electron chi connectivity index (χ1n) is 4.51. The number of amidine groups is 1. The average molecular weight is 201 g/mol. The SMILES string of the molecule is N=C(N)c1ccc(Cn2cncn2)cc1. The Morgan fingerprint density at radius 3 is 2.60 bits per heavy atom. The molecule has 1 aromatic carbocycles. The minimum atomic E-state index is 0.0855. The van der Waals surface area contributed by atoms with Gasteiger partial charge in [0.05, 0.1) is 6.54 Å². The van der Waals surface area contributed by atoms with E-state index < -0.39 is 0 Å². The van der Waals surface area contributed by atoms with E-state index in [9.17, 15) is 0 Å². The summed E-state index contributed by atoms with van der Waals surface area (Å²) in [6, 6.07) is 7.51. The number of nitrogens with two attached hydrogens (primary N) is 1. The topological polar surface area (TPSA) is 80.6 Å². The smallest absolute Gasteiger partial charge is 0.137 e. The van der Waals surface area contributed by atoms with Crippen LogP contribution in [0.1, 0.15) is 11.1 Å². The van der Waals surface area contributed by atoms with Crippen molar-refractivity contribution in [3.8, 4) is 0 Å². The Hall–Kier alpha value is -2.17. The van der Waals surface area contributed by atoms with Crippen LogP contribution in [0.5, 0.6) is 0 Å². The van der Waals surface area contributed by atoms with E-state index in [1.54, 1.807) is 11.0 Å². The van der Waals surface area contributed by atoms with Crippen LogP contribution in [0.4, 0.5) is 0 Å². The summed E-state index contributed by atoms with van der Waals surface area (Å²) in [5.74, 6) is 0.0855. The van der Waals surface area contributed by atoms with E-state index in [-0.39, 0.29) is 5.84 Å². The molecule has 2 aromatic rings. The van der Waals surface area contributed by atoms with Crippen molar-refractivity contribution < 1.29 is 0 Å². The van der Waals surface area contributed by atoms with Crippen molar-refractivity contribution in [1.29, 1.82) is 5.41 Å². The van der Waals surface area contributed by atoms with Crippen LogP contribution in [0.25, 0.3) is 0 Å². The molecule has 0 aliphatic carbocycles. The summed E-state index contributed by atoms with van der Waals surface area (Å²) in [4.78, 5) is 3.86. The Kier molecular flexibility index (Phi) is 2.45.